The fraction of sp³-hybridized carbons (Fsp3) is 0.500. The molecule has 0 fully saturated rings. The minimum atomic E-state index is -0.360. The van der Waals surface area contributed by atoms with Crippen LogP contribution in [0.25, 0.3) is 0 Å². The fourth-order valence-electron chi connectivity index (χ4n) is 1.60. The number of alkyl halides is 1. The highest BCUT2D eigenvalue weighted by molar-refractivity contribution is 6.30. The van der Waals surface area contributed by atoms with Crippen molar-refractivity contribution in [3.05, 3.63) is 34.6 Å². The molecule has 1 rings (SSSR count). The fourth-order valence-corrected chi connectivity index (χ4v) is 1.96. The Balaban J connectivity index is 2.65. The van der Waals surface area contributed by atoms with Crippen LogP contribution in [0.1, 0.15) is 18.9 Å². The van der Waals surface area contributed by atoms with E-state index in [9.17, 15) is 4.39 Å². The molecule has 0 amide bonds. The maximum atomic E-state index is 13.2. The molecule has 16 heavy (non-hydrogen) atoms. The van der Waals surface area contributed by atoms with E-state index >= 15 is 0 Å². The van der Waals surface area contributed by atoms with Crippen molar-refractivity contribution in [3.8, 4) is 0 Å². The van der Waals surface area contributed by atoms with E-state index in [1.807, 2.05) is 6.07 Å². The van der Waals surface area contributed by atoms with Crippen LogP contribution in [0.15, 0.2) is 18.2 Å². The van der Waals surface area contributed by atoms with Crippen molar-refractivity contribution in [2.24, 2.45) is 0 Å². The van der Waals surface area contributed by atoms with Crippen molar-refractivity contribution >= 4 is 23.2 Å². The van der Waals surface area contributed by atoms with Crippen LogP contribution in [-0.2, 0) is 6.54 Å². The summed E-state index contributed by atoms with van der Waals surface area (Å²) in [4.78, 5) is 2.20. The van der Waals surface area contributed by atoms with E-state index in [0.29, 0.717) is 12.4 Å². The molecule has 0 aromatic heterocycles. The molecule has 0 saturated carbocycles. The molecule has 1 aromatic carbocycles. The van der Waals surface area contributed by atoms with E-state index in [1.165, 1.54) is 6.07 Å². The zero-order chi connectivity index (χ0) is 12.0. The van der Waals surface area contributed by atoms with Crippen molar-refractivity contribution in [1.82, 2.24) is 4.90 Å². The molecule has 1 nitrogen and oxygen atoms in total. The number of nitrogens with zero attached hydrogens (tertiary/aromatic N) is 1. The molecule has 0 atom stereocenters. The van der Waals surface area contributed by atoms with Gasteiger partial charge in [-0.1, -0.05) is 24.6 Å². The number of rotatable bonds is 6. The third-order valence-corrected chi connectivity index (χ3v) is 2.81. The topological polar surface area (TPSA) is 3.24 Å². The Hall–Kier alpha value is -0.310. The average molecular weight is 264 g/mol. The minimum absolute atomic E-state index is 0.170. The van der Waals surface area contributed by atoms with Crippen LogP contribution in [0.5, 0.6) is 0 Å². The summed E-state index contributed by atoms with van der Waals surface area (Å²) in [5, 5.41) is 0.170. The first kappa shape index (κ1) is 13.8. The normalized spacial score (nSPS) is 11.1. The minimum Gasteiger partial charge on any atom is -0.298 e. The zero-order valence-corrected chi connectivity index (χ0v) is 10.9. The van der Waals surface area contributed by atoms with Gasteiger partial charge in [0, 0.05) is 19.0 Å². The summed E-state index contributed by atoms with van der Waals surface area (Å²) < 4.78 is 13.2. The van der Waals surface area contributed by atoms with Gasteiger partial charge in [-0.25, -0.2) is 4.39 Å². The van der Waals surface area contributed by atoms with Gasteiger partial charge in [-0.3, -0.25) is 4.90 Å². The average Bonchev–Trinajstić information content (AvgIpc) is 2.24. The van der Waals surface area contributed by atoms with Crippen LogP contribution in [0.2, 0.25) is 5.02 Å². The van der Waals surface area contributed by atoms with E-state index in [2.05, 4.69) is 11.8 Å². The molecule has 4 heteroatoms. The van der Waals surface area contributed by atoms with E-state index in [-0.39, 0.29) is 10.8 Å². The van der Waals surface area contributed by atoms with Crippen molar-refractivity contribution in [1.29, 1.82) is 0 Å². The molecule has 0 aliphatic rings. The highest BCUT2D eigenvalue weighted by atomic mass is 35.5. The predicted molar refractivity (Wildman–Crippen MR) is 67.7 cm³/mol. The van der Waals surface area contributed by atoms with E-state index < -0.39 is 0 Å². The smallest absolute Gasteiger partial charge is 0.142 e. The maximum absolute atomic E-state index is 13.2. The standard InChI is InChI=1S/C12H16Cl2FN/c1-2-6-16(7-5-13)9-10-3-4-11(14)12(15)8-10/h3-4,8H,2,5-7,9H2,1H3. The van der Waals surface area contributed by atoms with E-state index in [0.717, 1.165) is 25.1 Å². The lowest BCUT2D eigenvalue weighted by molar-refractivity contribution is 0.282. The first-order chi connectivity index (χ1) is 7.67. The number of hydrogen-bond donors (Lipinski definition) is 0. The Morgan fingerprint density at radius 2 is 2.06 bits per heavy atom. The van der Waals surface area contributed by atoms with Gasteiger partial charge in [0.25, 0.3) is 0 Å². The molecular formula is C12H16Cl2FN. The Labute approximate surface area is 106 Å². The summed E-state index contributed by atoms with van der Waals surface area (Å²) in [5.74, 6) is 0.234. The van der Waals surface area contributed by atoms with Crippen molar-refractivity contribution < 1.29 is 4.39 Å². The third kappa shape index (κ3) is 4.28. The monoisotopic (exact) mass is 263 g/mol. The highest BCUT2D eigenvalue weighted by Crippen LogP contribution is 2.16. The van der Waals surface area contributed by atoms with Crippen molar-refractivity contribution in [3.63, 3.8) is 0 Å². The molecular weight excluding hydrogens is 248 g/mol. The lowest BCUT2D eigenvalue weighted by Crippen LogP contribution is -2.26. The summed E-state index contributed by atoms with van der Waals surface area (Å²) in [7, 11) is 0. The molecule has 0 saturated heterocycles. The van der Waals surface area contributed by atoms with Crippen LogP contribution < -0.4 is 0 Å². The number of halogens is 3. The molecule has 1 aromatic rings. The van der Waals surface area contributed by atoms with Gasteiger partial charge in [0.05, 0.1) is 5.02 Å². The first-order valence-corrected chi connectivity index (χ1v) is 6.31. The predicted octanol–water partition coefficient (Wildman–Crippen LogP) is 3.93. The van der Waals surface area contributed by atoms with Gasteiger partial charge in [0.2, 0.25) is 0 Å². The van der Waals surface area contributed by atoms with Gasteiger partial charge in [0.1, 0.15) is 5.82 Å². The van der Waals surface area contributed by atoms with E-state index in [4.69, 9.17) is 23.2 Å². The zero-order valence-electron chi connectivity index (χ0n) is 9.35. The maximum Gasteiger partial charge on any atom is 0.142 e. The molecule has 0 spiro atoms. The SMILES string of the molecule is CCCN(CCCl)Cc1ccc(Cl)c(F)c1. The first-order valence-electron chi connectivity index (χ1n) is 5.39. The highest BCUT2D eigenvalue weighted by Gasteiger charge is 2.06. The van der Waals surface area contributed by atoms with Gasteiger partial charge in [0.15, 0.2) is 0 Å². The van der Waals surface area contributed by atoms with Crippen LogP contribution >= 0.6 is 23.2 Å². The lowest BCUT2D eigenvalue weighted by atomic mass is 10.2. The number of benzene rings is 1. The van der Waals surface area contributed by atoms with Crippen molar-refractivity contribution in [2.75, 3.05) is 19.0 Å². The quantitative estimate of drug-likeness (QED) is 0.704. The van der Waals surface area contributed by atoms with Crippen molar-refractivity contribution in [2.45, 2.75) is 19.9 Å². The largest absolute Gasteiger partial charge is 0.298 e. The Kier molecular flexibility index (Phi) is 6.10. The third-order valence-electron chi connectivity index (χ3n) is 2.33. The van der Waals surface area contributed by atoms with Crippen LogP contribution in [-0.4, -0.2) is 23.9 Å². The molecule has 0 unspecified atom stereocenters. The molecule has 0 N–H and O–H groups in total. The molecule has 0 heterocycles. The van der Waals surface area contributed by atoms with Crippen LogP contribution in [0.3, 0.4) is 0 Å². The van der Waals surface area contributed by atoms with Crippen LogP contribution in [0.4, 0.5) is 4.39 Å². The van der Waals surface area contributed by atoms with E-state index in [1.54, 1.807) is 6.07 Å². The second-order valence-electron chi connectivity index (χ2n) is 3.71. The van der Waals surface area contributed by atoms with Gasteiger partial charge in [-0.2, -0.15) is 0 Å². The lowest BCUT2D eigenvalue weighted by Gasteiger charge is -2.20. The summed E-state index contributed by atoms with van der Waals surface area (Å²) in [6.45, 7) is 4.62. The Morgan fingerprint density at radius 1 is 1.31 bits per heavy atom. The van der Waals surface area contributed by atoms with Gasteiger partial charge in [-0.15, -0.1) is 11.6 Å². The molecule has 0 radical (unpaired) electrons. The summed E-state index contributed by atoms with van der Waals surface area (Å²) in [6, 6.07) is 4.93. The number of hydrogen-bond acceptors (Lipinski definition) is 1. The second kappa shape index (κ2) is 7.10. The molecule has 0 aliphatic heterocycles. The molecule has 0 aliphatic carbocycles. The molecule has 0 bridgehead atoms. The van der Waals surface area contributed by atoms with Gasteiger partial charge in [-0.05, 0) is 30.7 Å². The Bertz CT molecular complexity index is 325. The summed E-state index contributed by atoms with van der Waals surface area (Å²) in [6.07, 6.45) is 1.06. The second-order valence-corrected chi connectivity index (χ2v) is 4.50. The van der Waals surface area contributed by atoms with Crippen LogP contribution in [0, 0.1) is 5.82 Å². The molecule has 90 valence electrons. The van der Waals surface area contributed by atoms with Gasteiger partial charge < -0.3 is 0 Å². The summed E-state index contributed by atoms with van der Waals surface area (Å²) in [5.41, 5.74) is 0.931. The Morgan fingerprint density at radius 3 is 2.62 bits per heavy atom. The van der Waals surface area contributed by atoms with Gasteiger partial charge >= 0.3 is 0 Å². The summed E-state index contributed by atoms with van der Waals surface area (Å²) >= 11 is 11.3.